The van der Waals surface area contributed by atoms with E-state index in [1.54, 1.807) is 13.1 Å². The largest absolute Gasteiger partial charge is 0.473 e. The van der Waals surface area contributed by atoms with Crippen LogP contribution in [0.2, 0.25) is 0 Å². The van der Waals surface area contributed by atoms with Crippen molar-refractivity contribution in [3.8, 4) is 5.88 Å². The topological polar surface area (TPSA) is 74.4 Å². The van der Waals surface area contributed by atoms with Crippen LogP contribution < -0.4 is 10.5 Å². The van der Waals surface area contributed by atoms with Crippen LogP contribution in [0.15, 0.2) is 21.2 Å². The third-order valence-electron chi connectivity index (χ3n) is 1.55. The van der Waals surface area contributed by atoms with E-state index in [9.17, 15) is 4.79 Å². The fraction of sp³-hybridized carbons (Fsp3) is 0.333. The monoisotopic (exact) mass is 352 g/mol. The number of rotatable bonds is 4. The molecule has 7 heteroatoms. The number of pyridine rings is 1. The lowest BCUT2D eigenvalue weighted by molar-refractivity contribution is 0.0806. The summed E-state index contributed by atoms with van der Waals surface area (Å²) < 4.78 is 11.6. The van der Waals surface area contributed by atoms with Crippen LogP contribution >= 0.6 is 31.9 Å². The second-order valence-electron chi connectivity index (χ2n) is 3.00. The lowest BCUT2D eigenvalue weighted by Gasteiger charge is -2.12. The number of amides is 1. The molecule has 0 fully saturated rings. The maximum atomic E-state index is 10.4. The molecule has 0 bridgehead atoms. The molecule has 0 radical (unpaired) electrons. The summed E-state index contributed by atoms with van der Waals surface area (Å²) in [5, 5.41) is 0. The smallest absolute Gasteiger partial charge is 0.404 e. The van der Waals surface area contributed by atoms with E-state index in [4.69, 9.17) is 15.2 Å². The number of nitrogens with zero attached hydrogens (tertiary/aromatic N) is 1. The molecule has 1 amide bonds. The van der Waals surface area contributed by atoms with E-state index in [-0.39, 0.29) is 6.61 Å². The molecule has 0 aliphatic carbocycles. The van der Waals surface area contributed by atoms with Gasteiger partial charge in [-0.2, -0.15) is 0 Å². The Morgan fingerprint density at radius 3 is 2.88 bits per heavy atom. The Hall–Kier alpha value is -0.820. The summed E-state index contributed by atoms with van der Waals surface area (Å²) in [6, 6.07) is 1.81. The van der Waals surface area contributed by atoms with Crippen molar-refractivity contribution in [2.24, 2.45) is 5.73 Å². The van der Waals surface area contributed by atoms with Gasteiger partial charge in [-0.05, 0) is 44.8 Å². The Labute approximate surface area is 110 Å². The quantitative estimate of drug-likeness (QED) is 0.902. The van der Waals surface area contributed by atoms with E-state index < -0.39 is 12.2 Å². The van der Waals surface area contributed by atoms with Gasteiger partial charge in [0, 0.05) is 10.7 Å². The predicted octanol–water partition coefficient (Wildman–Crippen LogP) is 2.47. The molecule has 1 unspecified atom stereocenters. The fourth-order valence-corrected chi connectivity index (χ4v) is 2.04. The minimum Gasteiger partial charge on any atom is -0.473 e. The molecular formula is C9H10Br2N2O3. The van der Waals surface area contributed by atoms with E-state index in [0.717, 1.165) is 4.47 Å². The molecule has 0 aromatic carbocycles. The molecule has 1 aromatic rings. The van der Waals surface area contributed by atoms with Gasteiger partial charge in [-0.1, -0.05) is 0 Å². The lowest BCUT2D eigenvalue weighted by Crippen LogP contribution is -2.25. The van der Waals surface area contributed by atoms with E-state index in [1.807, 2.05) is 6.07 Å². The average molecular weight is 354 g/mol. The summed E-state index contributed by atoms with van der Waals surface area (Å²) in [6.45, 7) is 1.87. The number of halogens is 2. The third kappa shape index (κ3) is 4.36. The molecule has 2 N–H and O–H groups in total. The van der Waals surface area contributed by atoms with Crippen LogP contribution in [0.1, 0.15) is 6.92 Å². The van der Waals surface area contributed by atoms with Crippen molar-refractivity contribution in [1.29, 1.82) is 0 Å². The molecule has 16 heavy (non-hydrogen) atoms. The van der Waals surface area contributed by atoms with Gasteiger partial charge in [0.1, 0.15) is 12.7 Å². The number of carbonyl (C=O) groups is 1. The highest BCUT2D eigenvalue weighted by Gasteiger charge is 2.09. The molecule has 0 aliphatic heterocycles. The molecule has 1 heterocycles. The molecule has 0 saturated heterocycles. The number of primary amides is 1. The second-order valence-corrected chi connectivity index (χ2v) is 4.77. The predicted molar refractivity (Wildman–Crippen MR) is 65.3 cm³/mol. The van der Waals surface area contributed by atoms with Crippen molar-refractivity contribution >= 4 is 38.0 Å². The zero-order valence-electron chi connectivity index (χ0n) is 8.44. The molecule has 88 valence electrons. The molecule has 0 aliphatic rings. The highest BCUT2D eigenvalue weighted by Crippen LogP contribution is 2.25. The summed E-state index contributed by atoms with van der Waals surface area (Å²) in [4.78, 5) is 14.5. The van der Waals surface area contributed by atoms with Crippen molar-refractivity contribution in [2.45, 2.75) is 13.0 Å². The molecule has 0 saturated carbocycles. The molecule has 1 aromatic heterocycles. The first-order valence-electron chi connectivity index (χ1n) is 4.39. The van der Waals surface area contributed by atoms with E-state index in [2.05, 4.69) is 36.8 Å². The number of carbonyl (C=O) groups excluding carboxylic acids is 1. The summed E-state index contributed by atoms with van der Waals surface area (Å²) in [5.74, 6) is 0.433. The lowest BCUT2D eigenvalue weighted by atomic mass is 10.4. The third-order valence-corrected chi connectivity index (χ3v) is 2.55. The highest BCUT2D eigenvalue weighted by atomic mass is 79.9. The second kappa shape index (κ2) is 6.05. The number of aromatic nitrogens is 1. The molecule has 1 rings (SSSR count). The summed E-state index contributed by atoms with van der Waals surface area (Å²) in [6.07, 6.45) is 0.369. The van der Waals surface area contributed by atoms with Crippen molar-refractivity contribution < 1.29 is 14.3 Å². The van der Waals surface area contributed by atoms with Crippen LogP contribution in [-0.4, -0.2) is 23.8 Å². The first-order chi connectivity index (χ1) is 7.49. The van der Waals surface area contributed by atoms with Crippen LogP contribution in [0, 0.1) is 0 Å². The van der Waals surface area contributed by atoms with Gasteiger partial charge < -0.3 is 15.2 Å². The average Bonchev–Trinajstić information content (AvgIpc) is 2.15. The molecule has 1 atom stereocenters. The van der Waals surface area contributed by atoms with Crippen molar-refractivity contribution in [3.05, 3.63) is 21.2 Å². The van der Waals surface area contributed by atoms with Crippen molar-refractivity contribution in [1.82, 2.24) is 4.98 Å². The van der Waals surface area contributed by atoms with E-state index in [0.29, 0.717) is 10.4 Å². The van der Waals surface area contributed by atoms with Gasteiger partial charge in [0.15, 0.2) is 0 Å². The van der Waals surface area contributed by atoms with Gasteiger partial charge in [0.2, 0.25) is 5.88 Å². The van der Waals surface area contributed by atoms with Crippen LogP contribution in [0.25, 0.3) is 0 Å². The van der Waals surface area contributed by atoms with Crippen LogP contribution in [0.5, 0.6) is 5.88 Å². The zero-order valence-corrected chi connectivity index (χ0v) is 11.6. The maximum Gasteiger partial charge on any atom is 0.404 e. The Morgan fingerprint density at radius 1 is 1.62 bits per heavy atom. The molecule has 0 spiro atoms. The van der Waals surface area contributed by atoms with Crippen molar-refractivity contribution in [2.75, 3.05) is 6.61 Å². The van der Waals surface area contributed by atoms with Crippen LogP contribution in [-0.2, 0) is 4.74 Å². The van der Waals surface area contributed by atoms with E-state index in [1.165, 1.54) is 0 Å². The van der Waals surface area contributed by atoms with Crippen molar-refractivity contribution in [3.63, 3.8) is 0 Å². The maximum absolute atomic E-state index is 10.4. The van der Waals surface area contributed by atoms with Crippen LogP contribution in [0.4, 0.5) is 4.79 Å². The number of ether oxygens (including phenoxy) is 2. The Morgan fingerprint density at radius 2 is 2.31 bits per heavy atom. The van der Waals surface area contributed by atoms with Gasteiger partial charge in [-0.15, -0.1) is 0 Å². The SMILES string of the molecule is CC(COc1ncc(Br)cc1Br)OC(N)=O. The summed E-state index contributed by atoms with van der Waals surface area (Å²) in [7, 11) is 0. The Kier molecular flexibility index (Phi) is 5.01. The van der Waals surface area contributed by atoms with Gasteiger partial charge >= 0.3 is 6.09 Å². The van der Waals surface area contributed by atoms with Gasteiger partial charge in [-0.3, -0.25) is 0 Å². The van der Waals surface area contributed by atoms with Gasteiger partial charge in [0.25, 0.3) is 0 Å². The minimum atomic E-state index is -0.820. The normalized spacial score (nSPS) is 11.9. The van der Waals surface area contributed by atoms with E-state index >= 15 is 0 Å². The molecule has 5 nitrogen and oxygen atoms in total. The first kappa shape index (κ1) is 13.2. The first-order valence-corrected chi connectivity index (χ1v) is 5.97. The van der Waals surface area contributed by atoms with Crippen LogP contribution in [0.3, 0.4) is 0 Å². The summed E-state index contributed by atoms with van der Waals surface area (Å²) in [5.41, 5.74) is 4.86. The number of hydrogen-bond acceptors (Lipinski definition) is 4. The number of hydrogen-bond donors (Lipinski definition) is 1. The van der Waals surface area contributed by atoms with Gasteiger partial charge in [0.05, 0.1) is 4.47 Å². The molecular weight excluding hydrogens is 344 g/mol. The zero-order chi connectivity index (χ0) is 12.1. The number of nitrogens with two attached hydrogens (primary N) is 1. The Bertz CT molecular complexity index is 387. The highest BCUT2D eigenvalue weighted by molar-refractivity contribution is 9.11. The minimum absolute atomic E-state index is 0.191. The Balaban J connectivity index is 2.51. The van der Waals surface area contributed by atoms with Gasteiger partial charge in [-0.25, -0.2) is 9.78 Å². The summed E-state index contributed by atoms with van der Waals surface area (Å²) >= 11 is 6.57. The fourth-order valence-electron chi connectivity index (χ4n) is 0.937. The standard InChI is InChI=1S/C9H10Br2N2O3/c1-5(16-9(12)14)4-15-8-7(11)2-6(10)3-13-8/h2-3,5H,4H2,1H3,(H2,12,14).